The molecule has 2 rings (SSSR count). The van der Waals surface area contributed by atoms with Gasteiger partial charge in [-0.1, -0.05) is 0 Å². The maximum Gasteiger partial charge on any atom is 0.302 e. The summed E-state index contributed by atoms with van der Waals surface area (Å²) >= 11 is 0. The van der Waals surface area contributed by atoms with E-state index in [0.29, 0.717) is 0 Å². The molecule has 1 aromatic rings. The van der Waals surface area contributed by atoms with Crippen molar-refractivity contribution in [3.05, 3.63) is 16.7 Å². The van der Waals surface area contributed by atoms with E-state index in [1.807, 2.05) is 0 Å². The van der Waals surface area contributed by atoms with E-state index in [-0.39, 0.29) is 18.7 Å². The maximum absolute atomic E-state index is 12.6. The minimum atomic E-state index is -4.70. The van der Waals surface area contributed by atoms with Crippen molar-refractivity contribution in [1.82, 2.24) is 9.97 Å². The van der Waals surface area contributed by atoms with Crippen LogP contribution in [0.1, 0.15) is 6.42 Å². The lowest BCUT2D eigenvalue weighted by Crippen LogP contribution is -2.31. The minimum Gasteiger partial charge on any atom is -0.492 e. The molecule has 104 valence electrons. The molecule has 0 aliphatic carbocycles. The van der Waals surface area contributed by atoms with Crippen LogP contribution < -0.4 is 10.5 Å². The molecule has 2 heterocycles. The van der Waals surface area contributed by atoms with Gasteiger partial charge in [0.2, 0.25) is 11.8 Å². The average Bonchev–Trinajstić information content (AvgIpc) is 2.56. The molecule has 1 amide bonds. The highest BCUT2D eigenvalue weighted by atomic mass is 32.3. The van der Waals surface area contributed by atoms with E-state index >= 15 is 0 Å². The summed E-state index contributed by atoms with van der Waals surface area (Å²) in [4.78, 5) is 29.7. The number of nitrogens with one attached hydrogen (secondary N) is 1. The van der Waals surface area contributed by atoms with Gasteiger partial charge < -0.3 is 15.0 Å². The predicted octanol–water partition coefficient (Wildman–Crippen LogP) is -0.872. The summed E-state index contributed by atoms with van der Waals surface area (Å²) in [6, 6.07) is 0. The second-order valence-electron chi connectivity index (χ2n) is 4.18. The monoisotopic (exact) mass is 291 g/mol. The van der Waals surface area contributed by atoms with Crippen molar-refractivity contribution in [1.29, 1.82) is 0 Å². The molecular formula is C9H10FN3O5S. The maximum atomic E-state index is 12.6. The van der Waals surface area contributed by atoms with Gasteiger partial charge >= 0.3 is 10.2 Å². The van der Waals surface area contributed by atoms with Crippen molar-refractivity contribution < 1.29 is 22.2 Å². The molecule has 10 heteroatoms. The Bertz CT molecular complexity index is 671. The first-order valence-corrected chi connectivity index (χ1v) is 6.82. The average molecular weight is 291 g/mol. The second kappa shape index (κ2) is 4.61. The second-order valence-corrected chi connectivity index (χ2v) is 5.59. The van der Waals surface area contributed by atoms with Crippen LogP contribution in [0, 0.1) is 5.92 Å². The van der Waals surface area contributed by atoms with Crippen LogP contribution in [-0.2, 0) is 15.0 Å². The Labute approximate surface area is 107 Å². The van der Waals surface area contributed by atoms with Gasteiger partial charge in [0.15, 0.2) is 5.69 Å². The van der Waals surface area contributed by atoms with Gasteiger partial charge in [-0.2, -0.15) is 8.42 Å². The van der Waals surface area contributed by atoms with Gasteiger partial charge in [-0.25, -0.2) is 4.98 Å². The molecule has 19 heavy (non-hydrogen) atoms. The summed E-state index contributed by atoms with van der Waals surface area (Å²) < 4.78 is 33.7. The highest BCUT2D eigenvalue weighted by Crippen LogP contribution is 2.28. The van der Waals surface area contributed by atoms with E-state index in [1.54, 1.807) is 0 Å². The molecule has 1 atom stereocenters. The zero-order valence-electron chi connectivity index (χ0n) is 9.54. The highest BCUT2D eigenvalue weighted by Gasteiger charge is 2.36. The van der Waals surface area contributed by atoms with Gasteiger partial charge in [-0.3, -0.25) is 9.59 Å². The number of halogens is 1. The molecule has 1 aliphatic rings. The third-order valence-electron chi connectivity index (χ3n) is 2.72. The van der Waals surface area contributed by atoms with Gasteiger partial charge in [0.25, 0.3) is 5.56 Å². The first-order valence-electron chi connectivity index (χ1n) is 5.27. The minimum absolute atomic E-state index is 0.162. The molecule has 1 unspecified atom stereocenters. The van der Waals surface area contributed by atoms with Crippen LogP contribution >= 0.6 is 0 Å². The lowest BCUT2D eigenvalue weighted by Gasteiger charge is -2.15. The summed E-state index contributed by atoms with van der Waals surface area (Å²) in [5, 5.41) is 9.47. The molecule has 0 aromatic carbocycles. The number of amides is 1. The van der Waals surface area contributed by atoms with E-state index in [4.69, 9.17) is 0 Å². The summed E-state index contributed by atoms with van der Waals surface area (Å²) in [5.41, 5.74) is -1.09. The van der Waals surface area contributed by atoms with Crippen molar-refractivity contribution in [3.8, 4) is 5.88 Å². The molecule has 0 spiro atoms. The molecular weight excluding hydrogens is 281 g/mol. The lowest BCUT2D eigenvalue weighted by atomic mass is 10.1. The molecule has 1 saturated heterocycles. The number of nitrogens with zero attached hydrogens (tertiary/aromatic N) is 2. The summed E-state index contributed by atoms with van der Waals surface area (Å²) in [7, 11) is -4.70. The fraction of sp³-hybridized carbons (Fsp3) is 0.444. The zero-order chi connectivity index (χ0) is 14.2. The van der Waals surface area contributed by atoms with Crippen molar-refractivity contribution >= 4 is 21.8 Å². The third kappa shape index (κ3) is 2.89. The van der Waals surface area contributed by atoms with Crippen LogP contribution in [0.15, 0.2) is 11.1 Å². The molecule has 0 bridgehead atoms. The Morgan fingerprint density at radius 3 is 2.79 bits per heavy atom. The summed E-state index contributed by atoms with van der Waals surface area (Å²) in [5.74, 6) is -2.77. The third-order valence-corrected chi connectivity index (χ3v) is 3.59. The first-order chi connectivity index (χ1) is 8.78. The Hall–Kier alpha value is -1.97. The van der Waals surface area contributed by atoms with E-state index in [0.717, 1.165) is 11.2 Å². The first kappa shape index (κ1) is 13.5. The SMILES string of the molecule is O=C1CC(CS(=O)(=O)F)CN1c1c(O)nc[nH]c1=O. The number of aromatic amines is 1. The molecule has 1 aliphatic heterocycles. The largest absolute Gasteiger partial charge is 0.492 e. The standard InChI is InChI=1S/C9H10FN3O5S/c10-19(17,18)3-5-1-6(14)13(2-5)7-8(15)11-4-12-9(7)16/h4-5H,1-3H2,(H2,11,12,15,16). The molecule has 0 saturated carbocycles. The summed E-state index contributed by atoms with van der Waals surface area (Å²) in [6.45, 7) is -0.162. The van der Waals surface area contributed by atoms with Crippen LogP contribution in [-0.4, -0.2) is 41.7 Å². The molecule has 2 N–H and O–H groups in total. The van der Waals surface area contributed by atoms with Gasteiger partial charge in [0.05, 0.1) is 12.1 Å². The number of H-pyrrole nitrogens is 1. The normalized spacial score (nSPS) is 19.9. The lowest BCUT2D eigenvalue weighted by molar-refractivity contribution is -0.117. The molecule has 0 radical (unpaired) electrons. The summed E-state index contributed by atoms with van der Waals surface area (Å²) in [6.07, 6.45) is 0.752. The molecule has 8 nitrogen and oxygen atoms in total. The van der Waals surface area contributed by atoms with Crippen molar-refractivity contribution in [3.63, 3.8) is 0 Å². The van der Waals surface area contributed by atoms with Gasteiger partial charge in [0.1, 0.15) is 0 Å². The van der Waals surface area contributed by atoms with E-state index in [9.17, 15) is 27.0 Å². The van der Waals surface area contributed by atoms with Crippen LogP contribution in [0.2, 0.25) is 0 Å². The van der Waals surface area contributed by atoms with Crippen LogP contribution in [0.25, 0.3) is 0 Å². The fourth-order valence-electron chi connectivity index (χ4n) is 2.02. The van der Waals surface area contributed by atoms with Crippen molar-refractivity contribution in [2.45, 2.75) is 6.42 Å². The number of hydrogen-bond donors (Lipinski definition) is 2. The molecule has 1 fully saturated rings. The predicted molar refractivity (Wildman–Crippen MR) is 61.9 cm³/mol. The Balaban J connectivity index is 2.28. The smallest absolute Gasteiger partial charge is 0.302 e. The van der Waals surface area contributed by atoms with Crippen LogP contribution in [0.5, 0.6) is 5.88 Å². The Morgan fingerprint density at radius 2 is 2.21 bits per heavy atom. The van der Waals surface area contributed by atoms with Gasteiger partial charge in [-0.15, -0.1) is 3.89 Å². The van der Waals surface area contributed by atoms with Gasteiger partial charge in [0, 0.05) is 18.9 Å². The zero-order valence-corrected chi connectivity index (χ0v) is 10.4. The Kier molecular flexibility index (Phi) is 3.27. The number of rotatable bonds is 3. The topological polar surface area (TPSA) is 120 Å². The number of aromatic hydroxyl groups is 1. The van der Waals surface area contributed by atoms with Crippen LogP contribution in [0.4, 0.5) is 9.57 Å². The van der Waals surface area contributed by atoms with E-state index in [2.05, 4.69) is 9.97 Å². The highest BCUT2D eigenvalue weighted by molar-refractivity contribution is 7.86. The Morgan fingerprint density at radius 1 is 1.53 bits per heavy atom. The number of aromatic nitrogens is 2. The molecule has 1 aromatic heterocycles. The number of carbonyl (C=O) groups is 1. The van der Waals surface area contributed by atoms with Crippen LogP contribution in [0.3, 0.4) is 0 Å². The van der Waals surface area contributed by atoms with E-state index in [1.165, 1.54) is 0 Å². The number of anilines is 1. The number of hydrogen-bond acceptors (Lipinski definition) is 6. The van der Waals surface area contributed by atoms with Gasteiger partial charge in [-0.05, 0) is 0 Å². The quantitative estimate of drug-likeness (QED) is 0.698. The van der Waals surface area contributed by atoms with Crippen molar-refractivity contribution in [2.24, 2.45) is 5.92 Å². The number of carbonyl (C=O) groups excluding carboxylic acids is 1. The van der Waals surface area contributed by atoms with Crippen molar-refractivity contribution in [2.75, 3.05) is 17.2 Å². The fourth-order valence-corrected chi connectivity index (χ4v) is 2.80. The van der Waals surface area contributed by atoms with E-state index < -0.39 is 39.2 Å².